The molecule has 0 radical (unpaired) electrons. The fourth-order valence-electron chi connectivity index (χ4n) is 2.12. The minimum Gasteiger partial charge on any atom is -0.469 e. The lowest BCUT2D eigenvalue weighted by Crippen LogP contribution is -2.28. The second kappa shape index (κ2) is 4.58. The molecule has 1 aliphatic carbocycles. The normalized spacial score (nSPS) is 20.1. The number of methoxy groups -OCH3 is 1. The summed E-state index contributed by atoms with van der Waals surface area (Å²) < 4.78 is 17.9. The second-order valence-corrected chi connectivity index (χ2v) is 4.00. The molecule has 1 aliphatic rings. The number of carbonyl (C=O) groups excluding carboxylic acids is 1. The van der Waals surface area contributed by atoms with E-state index in [4.69, 9.17) is 0 Å². The first kappa shape index (κ1) is 11.2. The average Bonchev–Trinajstić information content (AvgIpc) is 2.19. The summed E-state index contributed by atoms with van der Waals surface area (Å²) in [5, 5.41) is 0. The van der Waals surface area contributed by atoms with E-state index in [1.807, 2.05) is 0 Å². The van der Waals surface area contributed by atoms with Crippen molar-refractivity contribution in [1.29, 1.82) is 0 Å². The molecule has 0 aromatic heterocycles. The number of esters is 1. The van der Waals surface area contributed by atoms with E-state index in [2.05, 4.69) is 11.3 Å². The summed E-state index contributed by atoms with van der Waals surface area (Å²) >= 11 is 0. The Balaban J connectivity index is 2.70. The van der Waals surface area contributed by atoms with Gasteiger partial charge < -0.3 is 4.74 Å². The van der Waals surface area contributed by atoms with E-state index in [9.17, 15) is 9.18 Å². The highest BCUT2D eigenvalue weighted by Gasteiger charge is 2.37. The van der Waals surface area contributed by atoms with E-state index in [1.165, 1.54) is 7.11 Å². The van der Waals surface area contributed by atoms with Crippen LogP contribution in [0.2, 0.25) is 0 Å². The Labute approximate surface area is 84.1 Å². The average molecular weight is 200 g/mol. The van der Waals surface area contributed by atoms with Crippen LogP contribution < -0.4 is 0 Å². The van der Waals surface area contributed by atoms with Gasteiger partial charge in [-0.2, -0.15) is 0 Å². The third-order valence-electron chi connectivity index (χ3n) is 3.10. The predicted molar refractivity (Wildman–Crippen MR) is 52.4 cm³/mol. The maximum Gasteiger partial charge on any atom is 0.306 e. The summed E-state index contributed by atoms with van der Waals surface area (Å²) in [5.41, 5.74) is -0.634. The van der Waals surface area contributed by atoms with Gasteiger partial charge in [-0.1, -0.05) is 25.8 Å². The monoisotopic (exact) mass is 200 g/mol. The number of ether oxygens (including phenoxy) is 1. The highest BCUT2D eigenvalue weighted by atomic mass is 19.1. The van der Waals surface area contributed by atoms with Gasteiger partial charge in [0.15, 0.2) is 0 Å². The molecule has 0 spiro atoms. The smallest absolute Gasteiger partial charge is 0.306 e. The summed E-state index contributed by atoms with van der Waals surface area (Å²) in [6.45, 7) is 3.36. The predicted octanol–water partition coefficient (Wildman–Crippen LogP) is 2.98. The van der Waals surface area contributed by atoms with E-state index in [-0.39, 0.29) is 18.2 Å². The third kappa shape index (κ3) is 2.34. The topological polar surface area (TPSA) is 26.3 Å². The Morgan fingerprint density at radius 3 is 2.43 bits per heavy atom. The molecular formula is C11H17FO2. The molecule has 1 fully saturated rings. The maximum absolute atomic E-state index is 13.3. The Morgan fingerprint density at radius 1 is 1.43 bits per heavy atom. The molecule has 1 saturated carbocycles. The first-order valence-electron chi connectivity index (χ1n) is 5.02. The lowest BCUT2D eigenvalue weighted by atomic mass is 9.71. The van der Waals surface area contributed by atoms with Crippen LogP contribution in [0.3, 0.4) is 0 Å². The standard InChI is InChI=1S/C11H17FO2/c1-9(12)11(8-10(13)14-2)6-4-3-5-7-11/h1,3-8H2,2H3. The van der Waals surface area contributed by atoms with Crippen molar-refractivity contribution >= 4 is 5.97 Å². The van der Waals surface area contributed by atoms with Crippen molar-refractivity contribution in [3.05, 3.63) is 12.4 Å². The quantitative estimate of drug-likeness (QED) is 0.655. The number of halogens is 1. The van der Waals surface area contributed by atoms with Gasteiger partial charge in [-0.05, 0) is 12.8 Å². The Morgan fingerprint density at radius 2 is 2.00 bits per heavy atom. The van der Waals surface area contributed by atoms with Crippen molar-refractivity contribution in [1.82, 2.24) is 0 Å². The van der Waals surface area contributed by atoms with Gasteiger partial charge in [0, 0.05) is 5.41 Å². The molecule has 0 aromatic carbocycles. The lowest BCUT2D eigenvalue weighted by molar-refractivity contribution is -0.143. The number of rotatable bonds is 3. The molecule has 1 rings (SSSR count). The van der Waals surface area contributed by atoms with Crippen LogP contribution >= 0.6 is 0 Å². The summed E-state index contributed by atoms with van der Waals surface area (Å²) in [7, 11) is 1.33. The van der Waals surface area contributed by atoms with E-state index in [0.29, 0.717) is 0 Å². The number of hydrogen-bond donors (Lipinski definition) is 0. The molecule has 0 N–H and O–H groups in total. The van der Waals surface area contributed by atoms with Gasteiger partial charge in [0.2, 0.25) is 0 Å². The minimum atomic E-state index is -0.634. The minimum absolute atomic E-state index is 0.138. The van der Waals surface area contributed by atoms with Crippen molar-refractivity contribution in [3.63, 3.8) is 0 Å². The molecule has 0 aliphatic heterocycles. The molecule has 2 nitrogen and oxygen atoms in total. The molecule has 0 unspecified atom stereocenters. The van der Waals surface area contributed by atoms with Crippen LogP contribution in [0.4, 0.5) is 4.39 Å². The number of hydrogen-bond acceptors (Lipinski definition) is 2. The van der Waals surface area contributed by atoms with Crippen molar-refractivity contribution in [2.24, 2.45) is 5.41 Å². The SMILES string of the molecule is C=C(F)C1(CC(=O)OC)CCCCC1. The van der Waals surface area contributed by atoms with Crippen LogP contribution in [0, 0.1) is 5.41 Å². The van der Waals surface area contributed by atoms with E-state index in [1.54, 1.807) is 0 Å². The first-order valence-corrected chi connectivity index (χ1v) is 5.02. The highest BCUT2D eigenvalue weighted by Crippen LogP contribution is 2.45. The molecule has 0 heterocycles. The molecule has 3 heteroatoms. The van der Waals surface area contributed by atoms with Gasteiger partial charge in [0.1, 0.15) is 0 Å². The molecule has 0 saturated heterocycles. The Bertz CT molecular complexity index is 229. The zero-order valence-corrected chi connectivity index (χ0v) is 8.64. The second-order valence-electron chi connectivity index (χ2n) is 4.00. The van der Waals surface area contributed by atoms with Crippen molar-refractivity contribution < 1.29 is 13.9 Å². The summed E-state index contributed by atoms with van der Waals surface area (Å²) in [4.78, 5) is 11.2. The maximum atomic E-state index is 13.3. The molecule has 0 atom stereocenters. The molecular weight excluding hydrogens is 183 g/mol. The Hall–Kier alpha value is -0.860. The zero-order chi connectivity index (χ0) is 10.6. The Kier molecular flexibility index (Phi) is 3.67. The van der Waals surface area contributed by atoms with Crippen LogP contribution in [0.15, 0.2) is 12.4 Å². The van der Waals surface area contributed by atoms with Gasteiger partial charge >= 0.3 is 5.97 Å². The summed E-state index contributed by atoms with van der Waals surface area (Å²) in [6.07, 6.45) is 4.64. The van der Waals surface area contributed by atoms with Gasteiger partial charge in [-0.3, -0.25) is 4.79 Å². The van der Waals surface area contributed by atoms with Crippen molar-refractivity contribution in [2.75, 3.05) is 7.11 Å². The lowest BCUT2D eigenvalue weighted by Gasteiger charge is -2.34. The van der Waals surface area contributed by atoms with Crippen LogP contribution in [-0.2, 0) is 9.53 Å². The largest absolute Gasteiger partial charge is 0.469 e. The number of allylic oxidation sites excluding steroid dienone is 1. The summed E-state index contributed by atoms with van der Waals surface area (Å²) in [6, 6.07) is 0. The fourth-order valence-corrected chi connectivity index (χ4v) is 2.12. The molecule has 0 aromatic rings. The van der Waals surface area contributed by atoms with Crippen LogP contribution in [0.5, 0.6) is 0 Å². The molecule has 14 heavy (non-hydrogen) atoms. The van der Waals surface area contributed by atoms with Crippen LogP contribution in [-0.4, -0.2) is 13.1 Å². The number of carbonyl (C=O) groups is 1. The molecule has 80 valence electrons. The van der Waals surface area contributed by atoms with Gasteiger partial charge in [-0.15, -0.1) is 0 Å². The third-order valence-corrected chi connectivity index (χ3v) is 3.10. The van der Waals surface area contributed by atoms with Gasteiger partial charge in [0.25, 0.3) is 0 Å². The van der Waals surface area contributed by atoms with Crippen molar-refractivity contribution in [3.8, 4) is 0 Å². The van der Waals surface area contributed by atoms with E-state index >= 15 is 0 Å². The van der Waals surface area contributed by atoms with Crippen LogP contribution in [0.1, 0.15) is 38.5 Å². The van der Waals surface area contributed by atoms with Gasteiger partial charge in [-0.25, -0.2) is 4.39 Å². The molecule has 0 amide bonds. The first-order chi connectivity index (χ1) is 6.60. The summed E-state index contributed by atoms with van der Waals surface area (Å²) in [5.74, 6) is -0.701. The van der Waals surface area contributed by atoms with Crippen LogP contribution in [0.25, 0.3) is 0 Å². The molecule has 0 bridgehead atoms. The van der Waals surface area contributed by atoms with E-state index in [0.717, 1.165) is 32.1 Å². The fraction of sp³-hybridized carbons (Fsp3) is 0.727. The van der Waals surface area contributed by atoms with E-state index < -0.39 is 5.41 Å². The van der Waals surface area contributed by atoms with Crippen molar-refractivity contribution in [2.45, 2.75) is 38.5 Å². The highest BCUT2D eigenvalue weighted by molar-refractivity contribution is 5.70. The zero-order valence-electron chi connectivity index (χ0n) is 8.64. The van der Waals surface area contributed by atoms with Gasteiger partial charge in [0.05, 0.1) is 19.4 Å².